The molecule has 0 unspecified atom stereocenters. The molecule has 0 saturated heterocycles. The lowest BCUT2D eigenvalue weighted by Crippen LogP contribution is -2.14. The van der Waals surface area contributed by atoms with Crippen molar-refractivity contribution in [2.45, 2.75) is 39.5 Å². The molecule has 3 nitrogen and oxygen atoms in total. The van der Waals surface area contributed by atoms with Gasteiger partial charge in [-0.05, 0) is 53.8 Å². The average molecular weight is 310 g/mol. The standard InChI is InChI=1S/C20H26N2O/c1-5-14-21-17-10-12-18(13-11-17)22-19(23)15-6-8-16(9-7-15)20(2,3)4/h6-13,21H,5,14H2,1-4H3,(H,22,23). The van der Waals surface area contributed by atoms with Crippen LogP contribution in [0, 0.1) is 0 Å². The van der Waals surface area contributed by atoms with E-state index in [-0.39, 0.29) is 11.3 Å². The molecule has 3 heteroatoms. The first-order chi connectivity index (χ1) is 10.9. The molecule has 1 amide bonds. The summed E-state index contributed by atoms with van der Waals surface area (Å²) < 4.78 is 0. The lowest BCUT2D eigenvalue weighted by molar-refractivity contribution is 0.102. The Labute approximate surface area is 139 Å². The van der Waals surface area contributed by atoms with E-state index in [1.807, 2.05) is 48.5 Å². The summed E-state index contributed by atoms with van der Waals surface area (Å²) in [5.74, 6) is -0.0836. The van der Waals surface area contributed by atoms with Gasteiger partial charge < -0.3 is 10.6 Å². The summed E-state index contributed by atoms with van der Waals surface area (Å²) >= 11 is 0. The lowest BCUT2D eigenvalue weighted by atomic mass is 9.87. The molecule has 2 aromatic carbocycles. The first-order valence-electron chi connectivity index (χ1n) is 8.16. The fourth-order valence-corrected chi connectivity index (χ4v) is 2.27. The number of rotatable bonds is 5. The third-order valence-corrected chi connectivity index (χ3v) is 3.74. The molecule has 0 aromatic heterocycles. The van der Waals surface area contributed by atoms with Crippen molar-refractivity contribution >= 4 is 17.3 Å². The van der Waals surface area contributed by atoms with Crippen LogP contribution in [-0.4, -0.2) is 12.5 Å². The molecule has 122 valence electrons. The van der Waals surface area contributed by atoms with Crippen molar-refractivity contribution in [1.82, 2.24) is 0 Å². The minimum atomic E-state index is -0.0836. The van der Waals surface area contributed by atoms with E-state index in [9.17, 15) is 4.79 Å². The molecule has 0 atom stereocenters. The van der Waals surface area contributed by atoms with E-state index in [2.05, 4.69) is 38.3 Å². The fraction of sp³-hybridized carbons (Fsp3) is 0.350. The van der Waals surface area contributed by atoms with Gasteiger partial charge >= 0.3 is 0 Å². The van der Waals surface area contributed by atoms with Crippen LogP contribution in [0.1, 0.15) is 50.0 Å². The Balaban J connectivity index is 2.01. The number of amides is 1. The molecule has 2 rings (SSSR count). The van der Waals surface area contributed by atoms with E-state index < -0.39 is 0 Å². The van der Waals surface area contributed by atoms with Crippen LogP contribution in [0.4, 0.5) is 11.4 Å². The number of anilines is 2. The lowest BCUT2D eigenvalue weighted by Gasteiger charge is -2.19. The van der Waals surface area contributed by atoms with E-state index in [1.165, 1.54) is 5.56 Å². The second kappa shape index (κ2) is 7.32. The van der Waals surface area contributed by atoms with Gasteiger partial charge in [0.05, 0.1) is 0 Å². The van der Waals surface area contributed by atoms with Gasteiger partial charge in [-0.1, -0.05) is 39.8 Å². The predicted octanol–water partition coefficient (Wildman–Crippen LogP) is 5.06. The highest BCUT2D eigenvalue weighted by Gasteiger charge is 2.14. The summed E-state index contributed by atoms with van der Waals surface area (Å²) in [6.07, 6.45) is 1.09. The van der Waals surface area contributed by atoms with Crippen LogP contribution in [0.2, 0.25) is 0 Å². The van der Waals surface area contributed by atoms with Crippen LogP contribution in [-0.2, 0) is 5.41 Å². The molecule has 0 aliphatic heterocycles. The monoisotopic (exact) mass is 310 g/mol. The molecule has 0 saturated carbocycles. The maximum absolute atomic E-state index is 12.3. The van der Waals surface area contributed by atoms with E-state index in [0.29, 0.717) is 5.56 Å². The Morgan fingerprint density at radius 1 is 0.913 bits per heavy atom. The molecule has 0 bridgehead atoms. The van der Waals surface area contributed by atoms with Gasteiger partial charge in [0.2, 0.25) is 0 Å². The van der Waals surface area contributed by atoms with Crippen LogP contribution < -0.4 is 10.6 Å². The summed E-state index contributed by atoms with van der Waals surface area (Å²) in [7, 11) is 0. The second-order valence-electron chi connectivity index (χ2n) is 6.79. The highest BCUT2D eigenvalue weighted by Crippen LogP contribution is 2.22. The zero-order valence-electron chi connectivity index (χ0n) is 14.4. The summed E-state index contributed by atoms with van der Waals surface area (Å²) in [4.78, 5) is 12.3. The van der Waals surface area contributed by atoms with Crippen LogP contribution in [0.15, 0.2) is 48.5 Å². The highest BCUT2D eigenvalue weighted by atomic mass is 16.1. The highest BCUT2D eigenvalue weighted by molar-refractivity contribution is 6.04. The maximum atomic E-state index is 12.3. The maximum Gasteiger partial charge on any atom is 0.255 e. The van der Waals surface area contributed by atoms with Crippen molar-refractivity contribution in [1.29, 1.82) is 0 Å². The van der Waals surface area contributed by atoms with E-state index in [4.69, 9.17) is 0 Å². The molecule has 2 aromatic rings. The Hall–Kier alpha value is -2.29. The summed E-state index contributed by atoms with van der Waals surface area (Å²) in [6.45, 7) is 9.57. The van der Waals surface area contributed by atoms with Gasteiger partial charge in [-0.15, -0.1) is 0 Å². The van der Waals surface area contributed by atoms with Gasteiger partial charge in [0.1, 0.15) is 0 Å². The average Bonchev–Trinajstić information content (AvgIpc) is 2.53. The zero-order valence-corrected chi connectivity index (χ0v) is 14.4. The van der Waals surface area contributed by atoms with Crippen molar-refractivity contribution in [3.63, 3.8) is 0 Å². The Kier molecular flexibility index (Phi) is 5.43. The summed E-state index contributed by atoms with van der Waals surface area (Å²) in [5, 5.41) is 6.25. The number of hydrogen-bond donors (Lipinski definition) is 2. The minimum Gasteiger partial charge on any atom is -0.385 e. The van der Waals surface area contributed by atoms with Gasteiger partial charge in [-0.3, -0.25) is 4.79 Å². The zero-order chi connectivity index (χ0) is 16.9. The van der Waals surface area contributed by atoms with Crippen LogP contribution >= 0.6 is 0 Å². The number of nitrogens with one attached hydrogen (secondary N) is 2. The molecule has 2 N–H and O–H groups in total. The topological polar surface area (TPSA) is 41.1 Å². The number of hydrogen-bond acceptors (Lipinski definition) is 2. The van der Waals surface area contributed by atoms with Gasteiger partial charge in [-0.2, -0.15) is 0 Å². The molecular weight excluding hydrogens is 284 g/mol. The number of carbonyl (C=O) groups is 1. The third-order valence-electron chi connectivity index (χ3n) is 3.74. The second-order valence-corrected chi connectivity index (χ2v) is 6.79. The molecule has 0 fully saturated rings. The van der Waals surface area contributed by atoms with E-state index in [0.717, 1.165) is 24.3 Å². The van der Waals surface area contributed by atoms with Crippen molar-refractivity contribution in [3.05, 3.63) is 59.7 Å². The normalized spacial score (nSPS) is 11.1. The predicted molar refractivity (Wildman–Crippen MR) is 98.3 cm³/mol. The van der Waals surface area contributed by atoms with Crippen molar-refractivity contribution in [2.75, 3.05) is 17.2 Å². The Bertz CT molecular complexity index is 637. The van der Waals surface area contributed by atoms with Gasteiger partial charge in [0, 0.05) is 23.5 Å². The smallest absolute Gasteiger partial charge is 0.255 e. The fourth-order valence-electron chi connectivity index (χ4n) is 2.27. The molecule has 0 radical (unpaired) electrons. The molecule has 0 aliphatic carbocycles. The Morgan fingerprint density at radius 3 is 2.00 bits per heavy atom. The van der Waals surface area contributed by atoms with Gasteiger partial charge in [0.15, 0.2) is 0 Å². The van der Waals surface area contributed by atoms with Crippen LogP contribution in [0.3, 0.4) is 0 Å². The van der Waals surface area contributed by atoms with E-state index >= 15 is 0 Å². The molecule has 0 aliphatic rings. The molecular formula is C20H26N2O. The van der Waals surface area contributed by atoms with Gasteiger partial charge in [-0.25, -0.2) is 0 Å². The van der Waals surface area contributed by atoms with Crippen molar-refractivity contribution < 1.29 is 4.79 Å². The summed E-state index contributed by atoms with van der Waals surface area (Å²) in [5.41, 5.74) is 3.86. The van der Waals surface area contributed by atoms with E-state index in [1.54, 1.807) is 0 Å². The largest absolute Gasteiger partial charge is 0.385 e. The Morgan fingerprint density at radius 2 is 1.48 bits per heavy atom. The minimum absolute atomic E-state index is 0.0836. The molecule has 23 heavy (non-hydrogen) atoms. The molecule has 0 heterocycles. The SMILES string of the molecule is CCCNc1ccc(NC(=O)c2ccc(C(C)(C)C)cc2)cc1. The first kappa shape index (κ1) is 17.1. The number of carbonyl (C=O) groups excluding carboxylic acids is 1. The van der Waals surface area contributed by atoms with Crippen LogP contribution in [0.5, 0.6) is 0 Å². The number of benzene rings is 2. The van der Waals surface area contributed by atoms with Crippen molar-refractivity contribution in [3.8, 4) is 0 Å². The van der Waals surface area contributed by atoms with Crippen molar-refractivity contribution in [2.24, 2.45) is 0 Å². The quantitative estimate of drug-likeness (QED) is 0.810. The third kappa shape index (κ3) is 4.85. The van der Waals surface area contributed by atoms with Gasteiger partial charge in [0.25, 0.3) is 5.91 Å². The van der Waals surface area contributed by atoms with Crippen LogP contribution in [0.25, 0.3) is 0 Å². The summed E-state index contributed by atoms with van der Waals surface area (Å²) in [6, 6.07) is 15.6. The molecule has 0 spiro atoms. The first-order valence-corrected chi connectivity index (χ1v) is 8.16.